The van der Waals surface area contributed by atoms with Crippen molar-refractivity contribution in [1.29, 1.82) is 0 Å². The van der Waals surface area contributed by atoms with E-state index in [2.05, 4.69) is 15.0 Å². The van der Waals surface area contributed by atoms with Gasteiger partial charge in [-0.05, 0) is 55.8 Å². The Labute approximate surface area is 176 Å². The highest BCUT2D eigenvalue weighted by Gasteiger charge is 2.34. The van der Waals surface area contributed by atoms with Gasteiger partial charge >= 0.3 is 6.18 Å². The van der Waals surface area contributed by atoms with Gasteiger partial charge in [0.25, 0.3) is 0 Å². The molecule has 0 aliphatic heterocycles. The number of nitrogens with zero attached hydrogens (tertiary/aromatic N) is 3. The van der Waals surface area contributed by atoms with E-state index in [1.165, 1.54) is 12.3 Å². The molecule has 0 amide bonds. The first-order valence-electron chi connectivity index (χ1n) is 9.47. The average Bonchev–Trinajstić information content (AvgIpc) is 2.75. The third-order valence-corrected chi connectivity index (χ3v) is 4.78. The molecule has 4 aromatic rings. The summed E-state index contributed by atoms with van der Waals surface area (Å²) in [5.41, 5.74) is 2.34. The van der Waals surface area contributed by atoms with E-state index < -0.39 is 17.7 Å². The van der Waals surface area contributed by atoms with Crippen molar-refractivity contribution >= 4 is 0 Å². The van der Waals surface area contributed by atoms with E-state index in [4.69, 9.17) is 0 Å². The van der Waals surface area contributed by atoms with Crippen LogP contribution < -0.4 is 0 Å². The fourth-order valence-corrected chi connectivity index (χ4v) is 3.17. The van der Waals surface area contributed by atoms with E-state index in [9.17, 15) is 17.6 Å². The van der Waals surface area contributed by atoms with Crippen LogP contribution in [0.5, 0.6) is 0 Å². The molecule has 0 fully saturated rings. The zero-order valence-corrected chi connectivity index (χ0v) is 16.7. The lowest BCUT2D eigenvalue weighted by molar-refractivity contribution is -0.141. The molecule has 156 valence electrons. The Hall–Kier alpha value is -3.61. The third-order valence-electron chi connectivity index (χ3n) is 4.78. The van der Waals surface area contributed by atoms with Crippen LogP contribution in [0.25, 0.3) is 33.8 Å². The van der Waals surface area contributed by atoms with Crippen LogP contribution >= 0.6 is 0 Å². The summed E-state index contributed by atoms with van der Waals surface area (Å²) in [5.74, 6) is -0.514. The second-order valence-electron chi connectivity index (χ2n) is 7.21. The number of halogens is 4. The summed E-state index contributed by atoms with van der Waals surface area (Å²) in [7, 11) is 0. The maximum Gasteiger partial charge on any atom is 0.433 e. The molecule has 3 nitrogen and oxygen atoms in total. The standard InChI is InChI=1S/C24H17F4N3/c1-14-6-9-20(25)19(10-14)16-4-3-5-17(11-16)23-30-21(12-22(31-23)24(26,27)28)18-8-7-15(2)29-13-18/h3-13H,1-2H3. The molecule has 7 heteroatoms. The smallest absolute Gasteiger partial charge is 0.261 e. The number of rotatable bonds is 3. The molecule has 0 saturated carbocycles. The largest absolute Gasteiger partial charge is 0.433 e. The van der Waals surface area contributed by atoms with Gasteiger partial charge in [0.1, 0.15) is 11.5 Å². The number of alkyl halides is 3. The highest BCUT2D eigenvalue weighted by atomic mass is 19.4. The van der Waals surface area contributed by atoms with Crippen molar-refractivity contribution in [2.45, 2.75) is 20.0 Å². The van der Waals surface area contributed by atoms with Gasteiger partial charge in [-0.1, -0.05) is 29.8 Å². The summed E-state index contributed by atoms with van der Waals surface area (Å²) in [4.78, 5) is 12.2. The lowest BCUT2D eigenvalue weighted by atomic mass is 10.0. The average molecular weight is 423 g/mol. The van der Waals surface area contributed by atoms with Gasteiger partial charge in [-0.25, -0.2) is 14.4 Å². The van der Waals surface area contributed by atoms with Gasteiger partial charge in [-0.3, -0.25) is 4.98 Å². The molecular weight excluding hydrogens is 406 g/mol. The first kappa shape index (κ1) is 20.7. The SMILES string of the molecule is Cc1ccc(F)c(-c2cccc(-c3nc(-c4ccc(C)nc4)cc(C(F)(F)F)n3)c2)c1. The molecule has 31 heavy (non-hydrogen) atoms. The second kappa shape index (κ2) is 7.91. The summed E-state index contributed by atoms with van der Waals surface area (Å²) in [6.45, 7) is 3.62. The van der Waals surface area contributed by atoms with Crippen LogP contribution in [0.3, 0.4) is 0 Å². The summed E-state index contributed by atoms with van der Waals surface area (Å²) < 4.78 is 54.9. The van der Waals surface area contributed by atoms with Gasteiger partial charge in [0.15, 0.2) is 5.82 Å². The van der Waals surface area contributed by atoms with Gasteiger partial charge < -0.3 is 0 Å². The van der Waals surface area contributed by atoms with Crippen LogP contribution in [0.1, 0.15) is 17.0 Å². The van der Waals surface area contributed by atoms with Crippen molar-refractivity contribution in [3.63, 3.8) is 0 Å². The molecule has 0 radical (unpaired) electrons. The predicted octanol–water partition coefficient (Wildman–Crippen LogP) is 6.65. The fraction of sp³-hybridized carbons (Fsp3) is 0.125. The van der Waals surface area contributed by atoms with E-state index >= 15 is 0 Å². The summed E-state index contributed by atoms with van der Waals surface area (Å²) >= 11 is 0. The maximum atomic E-state index is 14.3. The van der Waals surface area contributed by atoms with E-state index in [1.807, 2.05) is 6.92 Å². The molecule has 2 aromatic carbocycles. The molecule has 4 rings (SSSR count). The molecule has 0 spiro atoms. The number of hydrogen-bond acceptors (Lipinski definition) is 3. The Morgan fingerprint density at radius 1 is 0.774 bits per heavy atom. The van der Waals surface area contributed by atoms with Gasteiger partial charge in [0, 0.05) is 28.6 Å². The zero-order chi connectivity index (χ0) is 22.2. The number of aromatic nitrogens is 3. The molecule has 2 heterocycles. The van der Waals surface area contributed by atoms with E-state index in [-0.39, 0.29) is 11.5 Å². The number of pyridine rings is 1. The zero-order valence-electron chi connectivity index (χ0n) is 16.7. The highest BCUT2D eigenvalue weighted by Crippen LogP contribution is 2.33. The van der Waals surface area contributed by atoms with Crippen LogP contribution in [-0.2, 0) is 6.18 Å². The van der Waals surface area contributed by atoms with Gasteiger partial charge in [0.05, 0.1) is 5.69 Å². The summed E-state index contributed by atoms with van der Waals surface area (Å²) in [6, 6.07) is 15.5. The van der Waals surface area contributed by atoms with Crippen molar-refractivity contribution in [2.75, 3.05) is 0 Å². The molecule has 0 N–H and O–H groups in total. The molecular formula is C24H17F4N3. The van der Waals surface area contributed by atoms with E-state index in [0.717, 1.165) is 17.3 Å². The number of benzene rings is 2. The van der Waals surface area contributed by atoms with Crippen LogP contribution in [0.2, 0.25) is 0 Å². The molecule has 0 saturated heterocycles. The predicted molar refractivity (Wildman–Crippen MR) is 111 cm³/mol. The third kappa shape index (κ3) is 4.45. The Morgan fingerprint density at radius 2 is 1.55 bits per heavy atom. The molecule has 2 aromatic heterocycles. The Kier molecular flexibility index (Phi) is 5.27. The van der Waals surface area contributed by atoms with Crippen LogP contribution in [0, 0.1) is 19.7 Å². The second-order valence-corrected chi connectivity index (χ2v) is 7.21. The van der Waals surface area contributed by atoms with Crippen molar-refractivity contribution in [1.82, 2.24) is 15.0 Å². The maximum absolute atomic E-state index is 14.3. The topological polar surface area (TPSA) is 38.7 Å². The molecule has 0 atom stereocenters. The van der Waals surface area contributed by atoms with Crippen molar-refractivity contribution in [2.24, 2.45) is 0 Å². The van der Waals surface area contributed by atoms with E-state index in [0.29, 0.717) is 22.3 Å². The highest BCUT2D eigenvalue weighted by molar-refractivity contribution is 5.72. The normalized spacial score (nSPS) is 11.5. The number of hydrogen-bond donors (Lipinski definition) is 0. The van der Waals surface area contributed by atoms with Crippen LogP contribution in [-0.4, -0.2) is 15.0 Å². The Bertz CT molecular complexity index is 1250. The molecule has 0 bridgehead atoms. The first-order chi connectivity index (χ1) is 14.7. The summed E-state index contributed by atoms with van der Waals surface area (Å²) in [6.07, 6.45) is -3.18. The van der Waals surface area contributed by atoms with Crippen LogP contribution in [0.4, 0.5) is 17.6 Å². The van der Waals surface area contributed by atoms with Gasteiger partial charge in [-0.2, -0.15) is 13.2 Å². The minimum atomic E-state index is -4.65. The van der Waals surface area contributed by atoms with Crippen molar-refractivity contribution < 1.29 is 17.6 Å². The Morgan fingerprint density at radius 3 is 2.26 bits per heavy atom. The minimum Gasteiger partial charge on any atom is -0.261 e. The van der Waals surface area contributed by atoms with Crippen molar-refractivity contribution in [3.05, 3.63) is 89.6 Å². The monoisotopic (exact) mass is 423 g/mol. The summed E-state index contributed by atoms with van der Waals surface area (Å²) in [5, 5.41) is 0. The lowest BCUT2D eigenvalue weighted by Crippen LogP contribution is -2.10. The Balaban J connectivity index is 1.87. The van der Waals surface area contributed by atoms with Gasteiger partial charge in [0.2, 0.25) is 0 Å². The quantitative estimate of drug-likeness (QED) is 0.347. The van der Waals surface area contributed by atoms with Crippen molar-refractivity contribution in [3.8, 4) is 33.8 Å². The van der Waals surface area contributed by atoms with Gasteiger partial charge in [-0.15, -0.1) is 0 Å². The molecule has 0 aliphatic rings. The van der Waals surface area contributed by atoms with E-state index in [1.54, 1.807) is 55.5 Å². The minimum absolute atomic E-state index is 0.0969. The lowest BCUT2D eigenvalue weighted by Gasteiger charge is -2.12. The molecule has 0 aliphatic carbocycles. The first-order valence-corrected chi connectivity index (χ1v) is 9.47. The number of aryl methyl sites for hydroxylation is 2. The molecule has 0 unspecified atom stereocenters. The van der Waals surface area contributed by atoms with Crippen LogP contribution in [0.15, 0.2) is 66.9 Å². The fourth-order valence-electron chi connectivity index (χ4n) is 3.17.